The Morgan fingerprint density at radius 1 is 1.62 bits per heavy atom. The largest absolute Gasteiger partial charge is 0.479 e. The molecule has 0 aliphatic carbocycles. The van der Waals surface area contributed by atoms with E-state index < -0.39 is 12.1 Å². The third-order valence-electron chi connectivity index (χ3n) is 2.08. The number of carboxylic acid groups (broad SMARTS) is 1. The van der Waals surface area contributed by atoms with Gasteiger partial charge in [0.05, 0.1) is 11.4 Å². The maximum Gasteiger partial charge on any atom is 0.334 e. The van der Waals surface area contributed by atoms with E-state index in [1.54, 1.807) is 0 Å². The van der Waals surface area contributed by atoms with Crippen LogP contribution in [0.5, 0.6) is 0 Å². The zero-order valence-electron chi connectivity index (χ0n) is 9.02. The highest BCUT2D eigenvalue weighted by Crippen LogP contribution is 2.14. The maximum absolute atomic E-state index is 11.6. The molecule has 0 aromatic carbocycles. The lowest BCUT2D eigenvalue weighted by atomic mass is 10.2. The minimum atomic E-state index is -1.09. The second kappa shape index (κ2) is 5.62. The lowest BCUT2D eigenvalue weighted by Crippen LogP contribution is -2.37. The zero-order valence-corrected chi connectivity index (χ0v) is 9.84. The molecule has 1 unspecified atom stereocenters. The van der Waals surface area contributed by atoms with E-state index in [2.05, 4.69) is 5.32 Å². The van der Waals surface area contributed by atoms with Gasteiger partial charge in [-0.05, 0) is 23.9 Å². The zero-order chi connectivity index (χ0) is 12.1. The first-order valence-corrected chi connectivity index (χ1v) is 5.52. The molecular formula is C10H13NO4S. The maximum atomic E-state index is 11.6. The second-order valence-corrected chi connectivity index (χ2v) is 4.12. The molecule has 1 aromatic heterocycles. The van der Waals surface area contributed by atoms with Crippen molar-refractivity contribution in [2.45, 2.75) is 13.0 Å². The molecular weight excluding hydrogens is 230 g/mol. The van der Waals surface area contributed by atoms with Crippen molar-refractivity contribution in [3.63, 3.8) is 0 Å². The van der Waals surface area contributed by atoms with Crippen LogP contribution >= 0.6 is 11.3 Å². The normalized spacial score (nSPS) is 12.1. The van der Waals surface area contributed by atoms with Gasteiger partial charge in [-0.1, -0.05) is 0 Å². The minimum absolute atomic E-state index is 0.0397. The summed E-state index contributed by atoms with van der Waals surface area (Å²) in [7, 11) is 1.29. The highest BCUT2D eigenvalue weighted by atomic mass is 32.1. The average Bonchev–Trinajstić information content (AvgIpc) is 2.64. The van der Waals surface area contributed by atoms with E-state index in [0.29, 0.717) is 4.88 Å². The fourth-order valence-electron chi connectivity index (χ4n) is 1.14. The van der Waals surface area contributed by atoms with E-state index in [-0.39, 0.29) is 12.5 Å². The molecule has 1 amide bonds. The topological polar surface area (TPSA) is 75.6 Å². The predicted molar refractivity (Wildman–Crippen MR) is 59.8 cm³/mol. The molecule has 0 fully saturated rings. The number of aliphatic carboxylic acids is 1. The van der Waals surface area contributed by atoms with Crippen LogP contribution in [0.3, 0.4) is 0 Å². The predicted octanol–water partition coefficient (Wildman–Crippen LogP) is 0.886. The van der Waals surface area contributed by atoms with Crippen LogP contribution in [0.15, 0.2) is 11.4 Å². The highest BCUT2D eigenvalue weighted by molar-refractivity contribution is 7.12. The van der Waals surface area contributed by atoms with Crippen molar-refractivity contribution < 1.29 is 19.4 Å². The number of aryl methyl sites for hydroxylation is 1. The minimum Gasteiger partial charge on any atom is -0.479 e. The summed E-state index contributed by atoms with van der Waals surface area (Å²) in [6, 6.07) is 1.84. The van der Waals surface area contributed by atoms with Gasteiger partial charge in [-0.2, -0.15) is 0 Å². The summed E-state index contributed by atoms with van der Waals surface area (Å²) in [6.07, 6.45) is -1.01. The molecule has 1 aromatic rings. The number of carbonyl (C=O) groups is 2. The number of carboxylic acids is 1. The van der Waals surface area contributed by atoms with Gasteiger partial charge in [0, 0.05) is 7.11 Å². The van der Waals surface area contributed by atoms with Gasteiger partial charge >= 0.3 is 5.97 Å². The van der Waals surface area contributed by atoms with Crippen LogP contribution in [-0.2, 0) is 9.53 Å². The van der Waals surface area contributed by atoms with Crippen LogP contribution in [0.2, 0.25) is 0 Å². The first kappa shape index (κ1) is 12.7. The van der Waals surface area contributed by atoms with Gasteiger partial charge in [0.2, 0.25) is 0 Å². The number of rotatable bonds is 5. The van der Waals surface area contributed by atoms with E-state index in [4.69, 9.17) is 9.84 Å². The van der Waals surface area contributed by atoms with Crippen molar-refractivity contribution in [1.82, 2.24) is 5.32 Å². The van der Waals surface area contributed by atoms with Crippen molar-refractivity contribution in [3.05, 3.63) is 21.9 Å². The van der Waals surface area contributed by atoms with Gasteiger partial charge in [0.25, 0.3) is 5.91 Å². The Morgan fingerprint density at radius 2 is 2.31 bits per heavy atom. The number of nitrogens with one attached hydrogen (secondary N) is 1. The van der Waals surface area contributed by atoms with Crippen molar-refractivity contribution in [2.75, 3.05) is 13.7 Å². The SMILES string of the molecule is COC(CNC(=O)c1sccc1C)C(=O)O. The van der Waals surface area contributed by atoms with Gasteiger partial charge in [0.1, 0.15) is 0 Å². The van der Waals surface area contributed by atoms with Crippen LogP contribution in [-0.4, -0.2) is 36.7 Å². The van der Waals surface area contributed by atoms with Gasteiger partial charge in [0.15, 0.2) is 6.10 Å². The van der Waals surface area contributed by atoms with Crippen LogP contribution in [0.1, 0.15) is 15.2 Å². The fourth-order valence-corrected chi connectivity index (χ4v) is 1.98. The highest BCUT2D eigenvalue weighted by Gasteiger charge is 2.18. The summed E-state index contributed by atoms with van der Waals surface area (Å²) < 4.78 is 4.70. The molecule has 0 radical (unpaired) electrons. The van der Waals surface area contributed by atoms with Crippen LogP contribution in [0, 0.1) is 6.92 Å². The quantitative estimate of drug-likeness (QED) is 0.805. The van der Waals surface area contributed by atoms with Crippen LogP contribution in [0.4, 0.5) is 0 Å². The molecule has 0 aliphatic heterocycles. The molecule has 0 spiro atoms. The van der Waals surface area contributed by atoms with E-state index in [1.165, 1.54) is 18.4 Å². The van der Waals surface area contributed by atoms with E-state index in [1.807, 2.05) is 18.4 Å². The second-order valence-electron chi connectivity index (χ2n) is 3.21. The van der Waals surface area contributed by atoms with Crippen molar-refractivity contribution in [1.29, 1.82) is 0 Å². The molecule has 1 atom stereocenters. The van der Waals surface area contributed by atoms with Crippen LogP contribution < -0.4 is 5.32 Å². The van der Waals surface area contributed by atoms with Crippen LogP contribution in [0.25, 0.3) is 0 Å². The Balaban J connectivity index is 2.53. The lowest BCUT2D eigenvalue weighted by Gasteiger charge is -2.11. The van der Waals surface area contributed by atoms with Crippen molar-refractivity contribution >= 4 is 23.2 Å². The Hall–Kier alpha value is -1.40. The molecule has 6 heteroatoms. The lowest BCUT2D eigenvalue weighted by molar-refractivity contribution is -0.147. The summed E-state index contributed by atoms with van der Waals surface area (Å²) in [6.45, 7) is 1.79. The third-order valence-corrected chi connectivity index (χ3v) is 3.09. The van der Waals surface area contributed by atoms with Gasteiger partial charge < -0.3 is 15.2 Å². The molecule has 0 saturated carbocycles. The number of amides is 1. The summed E-state index contributed by atoms with van der Waals surface area (Å²) in [5.74, 6) is -1.36. The molecule has 88 valence electrons. The molecule has 0 bridgehead atoms. The molecule has 16 heavy (non-hydrogen) atoms. The Bertz CT molecular complexity index is 388. The number of hydrogen-bond acceptors (Lipinski definition) is 4. The third kappa shape index (κ3) is 3.04. The van der Waals surface area contributed by atoms with Gasteiger partial charge in [-0.15, -0.1) is 11.3 Å². The summed E-state index contributed by atoms with van der Waals surface area (Å²) >= 11 is 1.33. The van der Waals surface area contributed by atoms with Gasteiger partial charge in [-0.3, -0.25) is 4.79 Å². The molecule has 2 N–H and O–H groups in total. The Morgan fingerprint density at radius 3 is 2.75 bits per heavy atom. The first-order chi connectivity index (χ1) is 7.56. The Labute approximate surface area is 97.0 Å². The van der Waals surface area contributed by atoms with Crippen molar-refractivity contribution in [3.8, 4) is 0 Å². The smallest absolute Gasteiger partial charge is 0.334 e. The Kier molecular flexibility index (Phi) is 4.45. The van der Waals surface area contributed by atoms with E-state index in [0.717, 1.165) is 5.56 Å². The monoisotopic (exact) mass is 243 g/mol. The molecule has 1 heterocycles. The number of ether oxygens (including phenoxy) is 1. The average molecular weight is 243 g/mol. The van der Waals surface area contributed by atoms with E-state index in [9.17, 15) is 9.59 Å². The number of hydrogen-bond donors (Lipinski definition) is 2. The number of carbonyl (C=O) groups excluding carboxylic acids is 1. The first-order valence-electron chi connectivity index (χ1n) is 4.64. The van der Waals surface area contributed by atoms with Crippen molar-refractivity contribution in [2.24, 2.45) is 0 Å². The number of thiophene rings is 1. The standard InChI is InChI=1S/C10H13NO4S/c1-6-3-4-16-8(6)9(12)11-5-7(15-2)10(13)14/h3-4,7H,5H2,1-2H3,(H,11,12)(H,13,14). The molecule has 0 aliphatic rings. The number of methoxy groups -OCH3 is 1. The molecule has 0 saturated heterocycles. The van der Waals surface area contributed by atoms with Gasteiger partial charge in [-0.25, -0.2) is 4.79 Å². The summed E-state index contributed by atoms with van der Waals surface area (Å²) in [5.41, 5.74) is 0.881. The molecule has 5 nitrogen and oxygen atoms in total. The van der Waals surface area contributed by atoms with E-state index >= 15 is 0 Å². The molecule has 1 rings (SSSR count). The summed E-state index contributed by atoms with van der Waals surface area (Å²) in [4.78, 5) is 22.8. The summed E-state index contributed by atoms with van der Waals surface area (Å²) in [5, 5.41) is 13.0. The fraction of sp³-hybridized carbons (Fsp3) is 0.400.